The summed E-state index contributed by atoms with van der Waals surface area (Å²) >= 11 is -0.377. The number of nitrogens with two attached hydrogens (primary N) is 1. The fraction of sp³-hybridized carbons (Fsp3) is 0.143. The third kappa shape index (κ3) is 4.05. The van der Waals surface area contributed by atoms with Gasteiger partial charge in [0.15, 0.2) is 0 Å². The summed E-state index contributed by atoms with van der Waals surface area (Å²) < 4.78 is 3.38. The molecular weight excluding hydrogens is 451 g/mol. The average Bonchev–Trinajstić information content (AvgIpc) is 2.84. The van der Waals surface area contributed by atoms with Crippen LogP contribution in [0.25, 0.3) is 3.58 Å². The van der Waals surface area contributed by atoms with E-state index in [1.54, 1.807) is 6.20 Å². The first-order valence-corrected chi connectivity index (χ1v) is 11.1. The molecule has 0 atom stereocenters. The zero-order chi connectivity index (χ0) is 18.6. The van der Waals surface area contributed by atoms with Gasteiger partial charge >= 0.3 is 169 Å². The van der Waals surface area contributed by atoms with Crippen molar-refractivity contribution in [1.82, 2.24) is 10.3 Å². The molecule has 0 radical (unpaired) electrons. The van der Waals surface area contributed by atoms with Crippen LogP contribution in [0.5, 0.6) is 0 Å². The fourth-order valence-electron chi connectivity index (χ4n) is 2.93. The minimum atomic E-state index is -0.377. The molecule has 3 heterocycles. The van der Waals surface area contributed by atoms with Crippen molar-refractivity contribution in [3.8, 4) is 0 Å². The van der Waals surface area contributed by atoms with E-state index in [1.807, 2.05) is 42.5 Å². The fourth-order valence-corrected chi connectivity index (χ4v) is 5.20. The zero-order valence-electron chi connectivity index (χ0n) is 14.7. The Bertz CT molecular complexity index is 916. The van der Waals surface area contributed by atoms with Crippen LogP contribution in [0.1, 0.15) is 5.56 Å². The Hall–Kier alpha value is -2.61. The quantitative estimate of drug-likeness (QED) is 0.589. The van der Waals surface area contributed by atoms with E-state index in [9.17, 15) is 4.79 Å². The van der Waals surface area contributed by atoms with Gasteiger partial charge in [0, 0.05) is 0 Å². The predicted molar refractivity (Wildman–Crippen MR) is 103 cm³/mol. The number of halogens is 1. The molecule has 0 aliphatic carbocycles. The van der Waals surface area contributed by atoms with E-state index in [0.29, 0.717) is 18.8 Å². The van der Waals surface area contributed by atoms with Gasteiger partial charge in [-0.25, -0.2) is 0 Å². The van der Waals surface area contributed by atoms with Crippen molar-refractivity contribution in [2.75, 3.05) is 18.0 Å². The zero-order valence-corrected chi connectivity index (χ0v) is 16.8. The standard InChI is InChI=1S/C21H20IN4O/c23-18-10-9-17(15-6-2-1-3-7-15)22-12-19(18)25-21(27)16-13-26(14-16)20-8-4-5-11-24-20/h1-12,16H,13-14,23H2,(H,25,27)/q-1. The number of aromatic nitrogens is 1. The number of nitrogens with one attached hydrogen (secondary N) is 1. The predicted octanol–water partition coefficient (Wildman–Crippen LogP) is -0.538. The molecule has 0 saturated carbocycles. The first-order chi connectivity index (χ1) is 13.2. The second kappa shape index (κ2) is 7.96. The molecule has 0 spiro atoms. The molecule has 2 aromatic rings. The molecule has 3 N–H and O–H groups in total. The van der Waals surface area contributed by atoms with E-state index in [-0.39, 0.29) is 33.0 Å². The van der Waals surface area contributed by atoms with Crippen LogP contribution in [0.15, 0.2) is 82.4 Å². The molecule has 0 bridgehead atoms. The number of hydrogen-bond donors (Lipinski definition) is 2. The molecule has 1 aromatic heterocycles. The SMILES string of the molecule is NC1=CC=C(c2ccccc2)[I-]C=C1NC(=O)C1CN(c2ccccn2)C1. The van der Waals surface area contributed by atoms with Gasteiger partial charge in [-0.05, 0) is 0 Å². The van der Waals surface area contributed by atoms with Crippen LogP contribution >= 0.6 is 0 Å². The summed E-state index contributed by atoms with van der Waals surface area (Å²) in [6.45, 7) is 1.37. The summed E-state index contributed by atoms with van der Waals surface area (Å²) in [5.74, 6) is 0.901. The number of amides is 1. The van der Waals surface area contributed by atoms with Crippen LogP contribution in [0.4, 0.5) is 5.82 Å². The molecule has 2 aliphatic rings. The van der Waals surface area contributed by atoms with E-state index < -0.39 is 0 Å². The number of carbonyl (C=O) groups excluding carboxylic acids is 1. The molecule has 27 heavy (non-hydrogen) atoms. The monoisotopic (exact) mass is 471 g/mol. The van der Waals surface area contributed by atoms with Crippen molar-refractivity contribution in [3.05, 3.63) is 87.9 Å². The normalized spacial score (nSPS) is 17.5. The number of hydrogen-bond acceptors (Lipinski definition) is 4. The van der Waals surface area contributed by atoms with Crippen LogP contribution in [0.2, 0.25) is 0 Å². The van der Waals surface area contributed by atoms with Crippen molar-refractivity contribution in [3.63, 3.8) is 0 Å². The summed E-state index contributed by atoms with van der Waals surface area (Å²) in [5.41, 5.74) is 8.74. The first-order valence-electron chi connectivity index (χ1n) is 8.74. The molecular formula is C21H20IN4O-. The van der Waals surface area contributed by atoms with E-state index in [4.69, 9.17) is 5.73 Å². The summed E-state index contributed by atoms with van der Waals surface area (Å²) in [6, 6.07) is 16.1. The molecule has 2 aliphatic heterocycles. The number of benzene rings is 1. The van der Waals surface area contributed by atoms with Gasteiger partial charge in [-0.2, -0.15) is 0 Å². The summed E-state index contributed by atoms with van der Waals surface area (Å²) in [5, 5.41) is 3.03. The molecule has 1 aromatic carbocycles. The van der Waals surface area contributed by atoms with Gasteiger partial charge in [0.05, 0.1) is 0 Å². The van der Waals surface area contributed by atoms with Crippen LogP contribution in [0, 0.1) is 5.92 Å². The number of anilines is 1. The molecule has 5 nitrogen and oxygen atoms in total. The molecule has 1 fully saturated rings. The van der Waals surface area contributed by atoms with E-state index >= 15 is 0 Å². The van der Waals surface area contributed by atoms with Crippen molar-refractivity contribution in [2.45, 2.75) is 0 Å². The van der Waals surface area contributed by atoms with Gasteiger partial charge in [-0.3, -0.25) is 0 Å². The molecule has 1 amide bonds. The van der Waals surface area contributed by atoms with Gasteiger partial charge in [-0.1, -0.05) is 0 Å². The van der Waals surface area contributed by atoms with Gasteiger partial charge in [0.1, 0.15) is 0 Å². The molecule has 0 unspecified atom stereocenters. The van der Waals surface area contributed by atoms with Crippen LogP contribution in [-0.2, 0) is 4.79 Å². The second-order valence-corrected chi connectivity index (χ2v) is 8.82. The van der Waals surface area contributed by atoms with Crippen LogP contribution in [0.3, 0.4) is 0 Å². The van der Waals surface area contributed by atoms with E-state index in [0.717, 1.165) is 11.5 Å². The number of allylic oxidation sites excluding steroid dienone is 2. The van der Waals surface area contributed by atoms with Crippen molar-refractivity contribution >= 4 is 15.3 Å². The number of pyridine rings is 1. The maximum atomic E-state index is 12.6. The Morgan fingerprint density at radius 1 is 1.11 bits per heavy atom. The maximum absolute atomic E-state index is 12.6. The molecule has 4 rings (SSSR count). The number of nitrogens with zero attached hydrogens (tertiary/aromatic N) is 2. The Morgan fingerprint density at radius 2 is 1.89 bits per heavy atom. The Balaban J connectivity index is 1.37. The Labute approximate surface area is 168 Å². The van der Waals surface area contributed by atoms with Gasteiger partial charge < -0.3 is 0 Å². The van der Waals surface area contributed by atoms with Crippen molar-refractivity contribution in [1.29, 1.82) is 0 Å². The molecule has 6 heteroatoms. The third-order valence-electron chi connectivity index (χ3n) is 4.53. The summed E-state index contributed by atoms with van der Waals surface area (Å²) in [6.07, 6.45) is 5.73. The molecule has 1 saturated heterocycles. The number of carbonyl (C=O) groups is 1. The van der Waals surface area contributed by atoms with Gasteiger partial charge in [0.2, 0.25) is 0 Å². The van der Waals surface area contributed by atoms with Crippen molar-refractivity contribution in [2.24, 2.45) is 11.7 Å². The second-order valence-electron chi connectivity index (χ2n) is 6.41. The summed E-state index contributed by atoms with van der Waals surface area (Å²) in [7, 11) is 0. The van der Waals surface area contributed by atoms with Crippen molar-refractivity contribution < 1.29 is 26.0 Å². The number of rotatable bonds is 4. The minimum absolute atomic E-state index is 0.0250. The molecule has 138 valence electrons. The van der Waals surface area contributed by atoms with E-state index in [1.165, 1.54) is 9.14 Å². The average molecular weight is 471 g/mol. The topological polar surface area (TPSA) is 71.2 Å². The third-order valence-corrected chi connectivity index (χ3v) is 7.12. The first kappa shape index (κ1) is 17.8. The van der Waals surface area contributed by atoms with Crippen LogP contribution < -0.4 is 37.2 Å². The van der Waals surface area contributed by atoms with Crippen LogP contribution in [-0.4, -0.2) is 24.0 Å². The van der Waals surface area contributed by atoms with Gasteiger partial charge in [-0.15, -0.1) is 0 Å². The Morgan fingerprint density at radius 3 is 2.63 bits per heavy atom. The van der Waals surface area contributed by atoms with Gasteiger partial charge in [0.25, 0.3) is 0 Å². The summed E-state index contributed by atoms with van der Waals surface area (Å²) in [4.78, 5) is 19.0. The Kier molecular flexibility index (Phi) is 5.24. The van der Waals surface area contributed by atoms with E-state index in [2.05, 4.69) is 37.5 Å².